The van der Waals surface area contributed by atoms with Gasteiger partial charge >= 0.3 is 5.97 Å². The molecule has 17 heavy (non-hydrogen) atoms. The maximum Gasteiger partial charge on any atom is 0.326 e. The van der Waals surface area contributed by atoms with Crippen LogP contribution in [0.3, 0.4) is 0 Å². The summed E-state index contributed by atoms with van der Waals surface area (Å²) in [5.74, 6) is -3.05. The van der Waals surface area contributed by atoms with Gasteiger partial charge in [-0.2, -0.15) is 0 Å². The molecule has 8 nitrogen and oxygen atoms in total. The Hall–Kier alpha value is -2.12. The third-order valence-electron chi connectivity index (χ3n) is 2.33. The van der Waals surface area contributed by atoms with E-state index in [1.807, 2.05) is 0 Å². The lowest BCUT2D eigenvalue weighted by Gasteiger charge is -2.16. The van der Waals surface area contributed by atoms with E-state index < -0.39 is 36.3 Å². The summed E-state index contributed by atoms with van der Waals surface area (Å²) in [4.78, 5) is 43.8. The van der Waals surface area contributed by atoms with E-state index in [1.54, 1.807) is 0 Å². The van der Waals surface area contributed by atoms with Crippen LogP contribution < -0.4 is 16.4 Å². The van der Waals surface area contributed by atoms with Crippen LogP contribution in [0.1, 0.15) is 19.3 Å². The lowest BCUT2D eigenvalue weighted by atomic mass is 10.1. The van der Waals surface area contributed by atoms with Crippen molar-refractivity contribution in [2.75, 3.05) is 0 Å². The molecule has 0 radical (unpaired) electrons. The molecule has 0 bridgehead atoms. The zero-order valence-corrected chi connectivity index (χ0v) is 8.93. The van der Waals surface area contributed by atoms with Crippen LogP contribution in [0.25, 0.3) is 0 Å². The summed E-state index contributed by atoms with van der Waals surface area (Å²) in [5.41, 5.74) is 4.86. The number of aliphatic carboxylic acids is 1. The van der Waals surface area contributed by atoms with E-state index in [4.69, 9.17) is 10.8 Å². The van der Waals surface area contributed by atoms with Crippen molar-refractivity contribution in [3.8, 4) is 0 Å². The number of amides is 3. The van der Waals surface area contributed by atoms with Crippen LogP contribution in [0, 0.1) is 0 Å². The van der Waals surface area contributed by atoms with Crippen LogP contribution in [-0.2, 0) is 19.2 Å². The minimum absolute atomic E-state index is 0.228. The minimum atomic E-state index is -1.36. The Morgan fingerprint density at radius 3 is 2.59 bits per heavy atom. The quantitative estimate of drug-likeness (QED) is 0.430. The number of carbonyl (C=O) groups is 4. The van der Waals surface area contributed by atoms with Gasteiger partial charge in [-0.1, -0.05) is 0 Å². The van der Waals surface area contributed by atoms with Gasteiger partial charge in [-0.15, -0.1) is 0 Å². The number of nitrogens with one attached hydrogen (secondary N) is 2. The Balaban J connectivity index is 2.55. The molecule has 1 aliphatic rings. The van der Waals surface area contributed by atoms with Crippen LogP contribution in [0.4, 0.5) is 0 Å². The first-order chi connectivity index (χ1) is 7.90. The Bertz CT molecular complexity index is 368. The molecule has 0 aromatic heterocycles. The van der Waals surface area contributed by atoms with Gasteiger partial charge in [-0.3, -0.25) is 14.4 Å². The first-order valence-electron chi connectivity index (χ1n) is 5.01. The van der Waals surface area contributed by atoms with E-state index in [0.29, 0.717) is 6.42 Å². The lowest BCUT2D eigenvalue weighted by molar-refractivity contribution is -0.143. The highest BCUT2D eigenvalue weighted by atomic mass is 16.4. The van der Waals surface area contributed by atoms with Crippen LogP contribution in [0.5, 0.6) is 0 Å². The van der Waals surface area contributed by atoms with Gasteiger partial charge in [0, 0.05) is 6.42 Å². The van der Waals surface area contributed by atoms with Crippen molar-refractivity contribution in [2.45, 2.75) is 31.3 Å². The fourth-order valence-electron chi connectivity index (χ4n) is 1.48. The summed E-state index contributed by atoms with van der Waals surface area (Å²) in [5, 5.41) is 13.3. The smallest absolute Gasteiger partial charge is 0.326 e. The van der Waals surface area contributed by atoms with Gasteiger partial charge in [0.25, 0.3) is 0 Å². The fraction of sp³-hybridized carbons (Fsp3) is 0.556. The second-order valence-corrected chi connectivity index (χ2v) is 3.73. The topological polar surface area (TPSA) is 139 Å². The van der Waals surface area contributed by atoms with E-state index in [-0.39, 0.29) is 12.3 Å². The number of nitrogens with two attached hydrogens (primary N) is 1. The van der Waals surface area contributed by atoms with E-state index in [1.165, 1.54) is 0 Å². The van der Waals surface area contributed by atoms with Gasteiger partial charge in [0.05, 0.1) is 6.42 Å². The van der Waals surface area contributed by atoms with Crippen molar-refractivity contribution >= 4 is 23.7 Å². The van der Waals surface area contributed by atoms with E-state index in [0.717, 1.165) is 0 Å². The molecule has 0 aromatic carbocycles. The van der Waals surface area contributed by atoms with Crippen molar-refractivity contribution < 1.29 is 24.3 Å². The molecule has 0 saturated carbocycles. The highest BCUT2D eigenvalue weighted by molar-refractivity contribution is 5.94. The molecule has 2 atom stereocenters. The molecule has 94 valence electrons. The van der Waals surface area contributed by atoms with Gasteiger partial charge in [-0.05, 0) is 6.42 Å². The van der Waals surface area contributed by atoms with Gasteiger partial charge in [0.1, 0.15) is 12.1 Å². The van der Waals surface area contributed by atoms with Crippen LogP contribution in [-0.4, -0.2) is 40.9 Å². The number of carboxylic acids is 1. The average molecular weight is 243 g/mol. The van der Waals surface area contributed by atoms with Gasteiger partial charge in [-0.25, -0.2) is 4.79 Å². The maximum atomic E-state index is 11.5. The summed E-state index contributed by atoms with van der Waals surface area (Å²) in [6.45, 7) is 0. The Kier molecular flexibility index (Phi) is 4.02. The fourth-order valence-corrected chi connectivity index (χ4v) is 1.48. The molecule has 1 fully saturated rings. The summed E-state index contributed by atoms with van der Waals surface area (Å²) >= 11 is 0. The summed E-state index contributed by atoms with van der Waals surface area (Å²) in [7, 11) is 0. The minimum Gasteiger partial charge on any atom is -0.480 e. The molecule has 1 rings (SSSR count). The zero-order valence-electron chi connectivity index (χ0n) is 8.93. The summed E-state index contributed by atoms with van der Waals surface area (Å²) in [6.07, 6.45) is 0.0565. The third-order valence-corrected chi connectivity index (χ3v) is 2.33. The zero-order chi connectivity index (χ0) is 13.0. The highest BCUT2D eigenvalue weighted by Crippen LogP contribution is 2.07. The van der Waals surface area contributed by atoms with E-state index >= 15 is 0 Å². The van der Waals surface area contributed by atoms with E-state index in [2.05, 4.69) is 10.6 Å². The predicted molar refractivity (Wildman–Crippen MR) is 54.5 cm³/mol. The van der Waals surface area contributed by atoms with Crippen LogP contribution >= 0.6 is 0 Å². The van der Waals surface area contributed by atoms with Crippen LogP contribution in [0.15, 0.2) is 0 Å². The normalized spacial score (nSPS) is 20.5. The number of hydrogen-bond acceptors (Lipinski definition) is 4. The van der Waals surface area contributed by atoms with Gasteiger partial charge < -0.3 is 21.5 Å². The van der Waals surface area contributed by atoms with Gasteiger partial charge in [0.15, 0.2) is 0 Å². The molecule has 3 amide bonds. The second kappa shape index (κ2) is 5.28. The number of carboxylic acid groups (broad SMARTS) is 1. The Morgan fingerprint density at radius 1 is 1.53 bits per heavy atom. The predicted octanol–water partition coefficient (Wildman–Crippen LogP) is -2.29. The van der Waals surface area contributed by atoms with Crippen molar-refractivity contribution in [3.63, 3.8) is 0 Å². The van der Waals surface area contributed by atoms with Crippen molar-refractivity contribution in [2.24, 2.45) is 5.73 Å². The standard InChI is InChI=1S/C9H13N3O5/c10-6(13)3-5(9(16)17)12-8(15)4-1-2-7(14)11-4/h4-5H,1-3H2,(H2,10,13)(H,11,14)(H,12,15)(H,16,17)/t4-,5-/m1/s1. The van der Waals surface area contributed by atoms with Crippen LogP contribution in [0.2, 0.25) is 0 Å². The molecule has 1 saturated heterocycles. The van der Waals surface area contributed by atoms with E-state index in [9.17, 15) is 19.2 Å². The summed E-state index contributed by atoms with van der Waals surface area (Å²) in [6, 6.07) is -2.10. The Labute approximate surface area is 96.5 Å². The summed E-state index contributed by atoms with van der Waals surface area (Å²) < 4.78 is 0. The molecule has 8 heteroatoms. The maximum absolute atomic E-state index is 11.5. The van der Waals surface area contributed by atoms with Gasteiger partial charge in [0.2, 0.25) is 17.7 Å². The molecule has 5 N–H and O–H groups in total. The molecule has 0 unspecified atom stereocenters. The van der Waals surface area contributed by atoms with Crippen molar-refractivity contribution in [1.82, 2.24) is 10.6 Å². The SMILES string of the molecule is NC(=O)C[C@@H](NC(=O)[C@H]1CCC(=O)N1)C(=O)O. The first-order valence-corrected chi connectivity index (χ1v) is 5.01. The first kappa shape index (κ1) is 12.9. The van der Waals surface area contributed by atoms with Crippen molar-refractivity contribution in [1.29, 1.82) is 0 Å². The molecule has 0 aromatic rings. The molecule has 0 aliphatic carbocycles. The molecule has 1 aliphatic heterocycles. The number of rotatable bonds is 5. The second-order valence-electron chi connectivity index (χ2n) is 3.73. The third kappa shape index (κ3) is 3.74. The Morgan fingerprint density at radius 2 is 2.18 bits per heavy atom. The number of hydrogen-bond donors (Lipinski definition) is 4. The highest BCUT2D eigenvalue weighted by Gasteiger charge is 2.30. The molecule has 0 spiro atoms. The van der Waals surface area contributed by atoms with Crippen molar-refractivity contribution in [3.05, 3.63) is 0 Å². The molecular weight excluding hydrogens is 230 g/mol. The number of carbonyl (C=O) groups excluding carboxylic acids is 3. The largest absolute Gasteiger partial charge is 0.480 e. The lowest BCUT2D eigenvalue weighted by Crippen LogP contribution is -2.49. The monoisotopic (exact) mass is 243 g/mol. The average Bonchev–Trinajstić information content (AvgIpc) is 2.63. The molecule has 1 heterocycles. The molecular formula is C9H13N3O5. The number of primary amides is 1.